The van der Waals surface area contributed by atoms with Crippen LogP contribution in [-0.4, -0.2) is 32.0 Å². The molecule has 0 saturated carbocycles. The van der Waals surface area contributed by atoms with Crippen LogP contribution >= 0.6 is 11.6 Å². The van der Waals surface area contributed by atoms with E-state index in [1.807, 2.05) is 0 Å². The second-order valence-electron chi connectivity index (χ2n) is 7.78. The van der Waals surface area contributed by atoms with Gasteiger partial charge in [-0.05, 0) is 43.0 Å². The van der Waals surface area contributed by atoms with Crippen molar-refractivity contribution in [3.8, 4) is 5.75 Å². The lowest BCUT2D eigenvalue weighted by Gasteiger charge is -2.45. The Balaban J connectivity index is 1.95. The molecule has 1 heterocycles. The van der Waals surface area contributed by atoms with E-state index in [0.29, 0.717) is 16.7 Å². The van der Waals surface area contributed by atoms with Crippen molar-refractivity contribution in [2.45, 2.75) is 44.0 Å². The molecule has 1 aliphatic rings. The van der Waals surface area contributed by atoms with Crippen molar-refractivity contribution in [3.63, 3.8) is 0 Å². The predicted octanol–water partition coefficient (Wildman–Crippen LogP) is 5.39. The molecule has 10 heteroatoms. The number of anilines is 1. The SMILES string of the molecule is Cc1ncc2c(N[C@H]3c4cc(Cl)c(F)c(O)c4[C@@H](C)C[C@]3(O)C(F)(F)F)cccc2n1. The first-order valence-electron chi connectivity index (χ1n) is 9.43. The van der Waals surface area contributed by atoms with E-state index in [4.69, 9.17) is 11.6 Å². The van der Waals surface area contributed by atoms with Crippen molar-refractivity contribution in [2.24, 2.45) is 0 Å². The summed E-state index contributed by atoms with van der Waals surface area (Å²) in [5, 5.41) is 23.8. The quantitative estimate of drug-likeness (QED) is 0.451. The van der Waals surface area contributed by atoms with Gasteiger partial charge >= 0.3 is 6.18 Å². The number of rotatable bonds is 2. The second kappa shape index (κ2) is 7.20. The van der Waals surface area contributed by atoms with E-state index in [9.17, 15) is 27.8 Å². The highest BCUT2D eigenvalue weighted by Gasteiger charge is 2.62. The number of fused-ring (bicyclic) bond motifs is 2. The average Bonchev–Trinajstić information content (AvgIpc) is 2.67. The van der Waals surface area contributed by atoms with E-state index < -0.39 is 46.7 Å². The van der Waals surface area contributed by atoms with E-state index in [-0.39, 0.29) is 16.8 Å². The van der Waals surface area contributed by atoms with Gasteiger partial charge in [0.25, 0.3) is 0 Å². The highest BCUT2D eigenvalue weighted by molar-refractivity contribution is 6.31. The van der Waals surface area contributed by atoms with Gasteiger partial charge in [-0.3, -0.25) is 0 Å². The van der Waals surface area contributed by atoms with Crippen molar-refractivity contribution >= 4 is 28.2 Å². The van der Waals surface area contributed by atoms with Crippen molar-refractivity contribution in [3.05, 3.63) is 58.3 Å². The van der Waals surface area contributed by atoms with Gasteiger partial charge < -0.3 is 15.5 Å². The summed E-state index contributed by atoms with van der Waals surface area (Å²) < 4.78 is 56.5. The van der Waals surface area contributed by atoms with Crippen molar-refractivity contribution in [1.29, 1.82) is 0 Å². The fourth-order valence-corrected chi connectivity index (χ4v) is 4.46. The first-order valence-corrected chi connectivity index (χ1v) is 9.80. The standard InChI is InChI=1S/C21H18ClF4N3O2/c1-9-7-20(31,21(24,25)26)19(11-6-13(22)17(23)18(30)16(9)11)29-15-5-3-4-14-12(15)8-27-10(2)28-14/h3-6,8-9,19,29-31H,7H2,1-2H3/t9-,19-,20+/m0/s1. The number of aromatic nitrogens is 2. The van der Waals surface area contributed by atoms with Crippen LogP contribution in [0, 0.1) is 12.7 Å². The second-order valence-corrected chi connectivity index (χ2v) is 8.19. The molecule has 0 aliphatic heterocycles. The average molecular weight is 456 g/mol. The van der Waals surface area contributed by atoms with Gasteiger partial charge in [-0.1, -0.05) is 24.6 Å². The highest BCUT2D eigenvalue weighted by Crippen LogP contribution is 2.55. The Kier molecular flexibility index (Phi) is 5.01. The number of benzene rings is 2. The summed E-state index contributed by atoms with van der Waals surface area (Å²) in [6.07, 6.45) is -4.34. The maximum absolute atomic E-state index is 14.2. The number of hydrogen-bond donors (Lipinski definition) is 3. The summed E-state index contributed by atoms with van der Waals surface area (Å²) in [5.74, 6) is -2.43. The molecular weight excluding hydrogens is 438 g/mol. The minimum absolute atomic E-state index is 0.0272. The lowest BCUT2D eigenvalue weighted by molar-refractivity contribution is -0.272. The summed E-state index contributed by atoms with van der Waals surface area (Å²) in [5.41, 5.74) is -2.63. The molecule has 164 valence electrons. The van der Waals surface area contributed by atoms with Gasteiger partial charge in [0.1, 0.15) is 5.82 Å². The molecule has 0 unspecified atom stereocenters. The molecule has 0 bridgehead atoms. The molecule has 0 spiro atoms. The fraction of sp³-hybridized carbons (Fsp3) is 0.333. The van der Waals surface area contributed by atoms with Crippen molar-refractivity contribution in [2.75, 3.05) is 5.32 Å². The van der Waals surface area contributed by atoms with E-state index in [1.54, 1.807) is 19.1 Å². The molecule has 0 saturated heterocycles. The first-order chi connectivity index (χ1) is 14.4. The van der Waals surface area contributed by atoms with Gasteiger partial charge in [0.15, 0.2) is 17.2 Å². The number of nitrogens with zero attached hydrogens (tertiary/aromatic N) is 2. The molecule has 0 fully saturated rings. The Hall–Kier alpha value is -2.65. The number of aromatic hydroxyl groups is 1. The lowest BCUT2D eigenvalue weighted by Crippen LogP contribution is -2.55. The number of hydrogen-bond acceptors (Lipinski definition) is 5. The van der Waals surface area contributed by atoms with Gasteiger partial charge in [0, 0.05) is 22.8 Å². The molecule has 31 heavy (non-hydrogen) atoms. The van der Waals surface area contributed by atoms with E-state index >= 15 is 0 Å². The molecule has 2 aromatic carbocycles. The van der Waals surface area contributed by atoms with Crippen LogP contribution in [0.1, 0.15) is 42.3 Å². The zero-order chi connectivity index (χ0) is 22.7. The monoisotopic (exact) mass is 455 g/mol. The van der Waals surface area contributed by atoms with Gasteiger partial charge in [-0.25, -0.2) is 14.4 Å². The Morgan fingerprint density at radius 1 is 1.29 bits per heavy atom. The zero-order valence-electron chi connectivity index (χ0n) is 16.4. The number of halogens is 5. The maximum Gasteiger partial charge on any atom is 0.419 e. The predicted molar refractivity (Wildman–Crippen MR) is 108 cm³/mol. The summed E-state index contributed by atoms with van der Waals surface area (Å²) in [6, 6.07) is 4.06. The number of nitrogens with one attached hydrogen (secondary N) is 1. The van der Waals surface area contributed by atoms with E-state index in [0.717, 1.165) is 6.07 Å². The molecule has 3 aromatic rings. The van der Waals surface area contributed by atoms with Crippen LogP contribution in [-0.2, 0) is 0 Å². The van der Waals surface area contributed by atoms with Gasteiger partial charge in [0.2, 0.25) is 0 Å². The molecule has 0 amide bonds. The Labute approximate surface area is 179 Å². The van der Waals surface area contributed by atoms with Crippen molar-refractivity contribution in [1.82, 2.24) is 9.97 Å². The van der Waals surface area contributed by atoms with Crippen molar-refractivity contribution < 1.29 is 27.8 Å². The van der Waals surface area contributed by atoms with Gasteiger partial charge in [-0.2, -0.15) is 13.2 Å². The van der Waals surface area contributed by atoms with Crippen LogP contribution in [0.25, 0.3) is 10.9 Å². The van der Waals surface area contributed by atoms with Crippen LogP contribution in [0.5, 0.6) is 5.75 Å². The largest absolute Gasteiger partial charge is 0.505 e. The van der Waals surface area contributed by atoms with Crippen LogP contribution in [0.15, 0.2) is 30.5 Å². The number of phenols is 1. The summed E-state index contributed by atoms with van der Waals surface area (Å²) in [6.45, 7) is 3.06. The third kappa shape index (κ3) is 3.36. The maximum atomic E-state index is 14.2. The Morgan fingerprint density at radius 3 is 2.68 bits per heavy atom. The third-order valence-corrected chi connectivity index (χ3v) is 5.98. The van der Waals surface area contributed by atoms with Crippen LogP contribution in [0.2, 0.25) is 5.02 Å². The third-order valence-electron chi connectivity index (χ3n) is 5.70. The van der Waals surface area contributed by atoms with Crippen LogP contribution in [0.3, 0.4) is 0 Å². The van der Waals surface area contributed by atoms with E-state index in [1.165, 1.54) is 19.2 Å². The van der Waals surface area contributed by atoms with Gasteiger partial charge in [-0.15, -0.1) is 0 Å². The molecule has 3 N–H and O–H groups in total. The highest BCUT2D eigenvalue weighted by atomic mass is 35.5. The number of alkyl halides is 3. The number of phenolic OH excluding ortho intramolecular Hbond substituents is 1. The topological polar surface area (TPSA) is 78.3 Å². The zero-order valence-corrected chi connectivity index (χ0v) is 17.2. The summed E-state index contributed by atoms with van der Waals surface area (Å²) in [7, 11) is 0. The minimum Gasteiger partial charge on any atom is -0.505 e. The fourth-order valence-electron chi connectivity index (χ4n) is 4.25. The van der Waals surface area contributed by atoms with Crippen LogP contribution < -0.4 is 5.32 Å². The molecular formula is C21H18ClF4N3O2. The normalized spacial score (nSPS) is 23.6. The number of aryl methyl sites for hydroxylation is 1. The van der Waals surface area contributed by atoms with E-state index in [2.05, 4.69) is 15.3 Å². The molecule has 1 aliphatic carbocycles. The minimum atomic E-state index is -5.02. The Morgan fingerprint density at radius 2 is 2.00 bits per heavy atom. The number of aliphatic hydroxyl groups is 1. The smallest absolute Gasteiger partial charge is 0.419 e. The molecule has 1 aromatic heterocycles. The van der Waals surface area contributed by atoms with Gasteiger partial charge in [0.05, 0.1) is 16.6 Å². The first kappa shape index (κ1) is 21.6. The summed E-state index contributed by atoms with van der Waals surface area (Å²) >= 11 is 5.84. The molecule has 5 nitrogen and oxygen atoms in total. The molecule has 3 atom stereocenters. The molecule has 0 radical (unpaired) electrons. The van der Waals surface area contributed by atoms with Crippen LogP contribution in [0.4, 0.5) is 23.2 Å². The molecule has 4 rings (SSSR count). The Bertz CT molecular complexity index is 1190. The summed E-state index contributed by atoms with van der Waals surface area (Å²) in [4.78, 5) is 8.36. The lowest BCUT2D eigenvalue weighted by atomic mass is 9.70.